The van der Waals surface area contributed by atoms with Crippen LogP contribution in [0.25, 0.3) is 0 Å². The molecule has 0 N–H and O–H groups in total. The third kappa shape index (κ3) is 205. The maximum Gasteiger partial charge on any atom is 0.321 e. The van der Waals surface area contributed by atoms with Crippen molar-refractivity contribution in [1.82, 2.24) is 0 Å². The Kier molecular flexibility index (Phi) is 186. The monoisotopic (exact) mass is 288 g/mol. The second-order valence-electron chi connectivity index (χ2n) is 0.408. The fourth-order valence-electron chi connectivity index (χ4n) is 0. The molecule has 0 heterocycles. The molecule has 0 aromatic rings. The molecule has 0 aliphatic heterocycles. The first-order chi connectivity index (χ1) is 2.83. The summed E-state index contributed by atoms with van der Waals surface area (Å²) in [6.45, 7) is 3.19. The topological polar surface area (TPSA) is 34.1 Å². The van der Waals surface area contributed by atoms with Crippen molar-refractivity contribution in [3.63, 3.8) is 0 Å². The van der Waals surface area contributed by atoms with Crippen molar-refractivity contribution in [1.29, 1.82) is 0 Å². The van der Waals surface area contributed by atoms with Gasteiger partial charge in [0.05, 0.1) is 0 Å². The third-order valence-electron chi connectivity index (χ3n) is 0. The second-order valence-corrected chi connectivity index (χ2v) is 1.22. The smallest absolute Gasteiger partial charge is 0.147 e. The quantitative estimate of drug-likeness (QED) is 0.640. The van der Waals surface area contributed by atoms with Gasteiger partial charge in [-0.1, -0.05) is 9.13 Å². The molecule has 0 saturated heterocycles. The largest absolute Gasteiger partial charge is 0.321 e. The Hall–Kier alpha value is 1.66. The molecule has 2 nitrogen and oxygen atoms in total. The van der Waals surface area contributed by atoms with Gasteiger partial charge in [-0.3, -0.25) is 0 Å². The van der Waals surface area contributed by atoms with E-state index in [0.29, 0.717) is 0 Å². The van der Waals surface area contributed by atoms with Crippen LogP contribution in [0.1, 0.15) is 0 Å². The van der Waals surface area contributed by atoms with Crippen LogP contribution in [0.4, 0.5) is 0 Å². The molecular formula is C2H10Cl2O2P2Zr+2. The van der Waals surface area contributed by atoms with Gasteiger partial charge in [-0.2, -0.15) is 0 Å². The van der Waals surface area contributed by atoms with Gasteiger partial charge in [0.15, 0.2) is 0 Å². The van der Waals surface area contributed by atoms with Crippen LogP contribution in [-0.4, -0.2) is 13.3 Å². The van der Waals surface area contributed by atoms with Gasteiger partial charge < -0.3 is 0 Å². The van der Waals surface area contributed by atoms with Crippen LogP contribution in [0.5, 0.6) is 0 Å². The van der Waals surface area contributed by atoms with Gasteiger partial charge in [-0.05, 0) is 0 Å². The standard InChI is InChI=1S/2CH3OP.2ClH.Zr/c2*1-3-2;;;/h2*1H3;2*1H;/p+2. The van der Waals surface area contributed by atoms with Crippen molar-refractivity contribution < 1.29 is 35.3 Å². The van der Waals surface area contributed by atoms with E-state index < -0.39 is 0 Å². The van der Waals surface area contributed by atoms with Gasteiger partial charge in [-0.15, -0.1) is 24.8 Å². The van der Waals surface area contributed by atoms with Gasteiger partial charge >= 0.3 is 16.9 Å². The minimum atomic E-state index is -0.167. The fraction of sp³-hybridized carbons (Fsp3) is 1.00. The zero-order valence-corrected chi connectivity index (χ0v) is 11.2. The van der Waals surface area contributed by atoms with Gasteiger partial charge in [0, 0.05) is 26.2 Å². The average molecular weight is 290 g/mol. The number of hydrogen-bond acceptors (Lipinski definition) is 2. The zero-order chi connectivity index (χ0) is 5.41. The molecular weight excluding hydrogens is 280 g/mol. The molecule has 0 spiro atoms. The fourth-order valence-corrected chi connectivity index (χ4v) is 0. The molecule has 0 saturated carbocycles. The summed E-state index contributed by atoms with van der Waals surface area (Å²) in [5.74, 6) is 0. The molecule has 2 atom stereocenters. The van der Waals surface area contributed by atoms with Crippen molar-refractivity contribution in [2.24, 2.45) is 0 Å². The Labute approximate surface area is 89.9 Å². The Balaban J connectivity index is -0.00000000889. The van der Waals surface area contributed by atoms with E-state index in [1.165, 1.54) is 0 Å². The Morgan fingerprint density at radius 3 is 0.889 bits per heavy atom. The molecule has 2 unspecified atom stereocenters. The number of rotatable bonds is 0. The van der Waals surface area contributed by atoms with Gasteiger partial charge in [0.1, 0.15) is 13.3 Å². The van der Waals surface area contributed by atoms with Crippen LogP contribution >= 0.6 is 41.7 Å². The van der Waals surface area contributed by atoms with E-state index in [4.69, 9.17) is 9.13 Å². The SMILES string of the molecule is C[PH+]=O.C[PH+]=O.Cl.Cl.[Zr]. The van der Waals surface area contributed by atoms with Crippen molar-refractivity contribution in [2.45, 2.75) is 0 Å². The molecule has 0 aliphatic carbocycles. The first-order valence-corrected chi connectivity index (χ1v) is 4.22. The van der Waals surface area contributed by atoms with Crippen LogP contribution in [0.15, 0.2) is 0 Å². The van der Waals surface area contributed by atoms with Crippen LogP contribution in [-0.2, 0) is 35.3 Å². The molecule has 0 aliphatic rings. The summed E-state index contributed by atoms with van der Waals surface area (Å²) in [7, 11) is -0.333. The van der Waals surface area contributed by atoms with E-state index in [-0.39, 0.29) is 67.9 Å². The second kappa shape index (κ2) is 54.0. The maximum atomic E-state index is 8.96. The molecule has 56 valence electrons. The van der Waals surface area contributed by atoms with E-state index >= 15 is 0 Å². The van der Waals surface area contributed by atoms with Crippen LogP contribution in [0.3, 0.4) is 0 Å². The van der Waals surface area contributed by atoms with Gasteiger partial charge in [0.25, 0.3) is 0 Å². The van der Waals surface area contributed by atoms with E-state index in [9.17, 15) is 0 Å². The van der Waals surface area contributed by atoms with E-state index in [0.717, 1.165) is 0 Å². The molecule has 0 aromatic carbocycles. The van der Waals surface area contributed by atoms with Crippen LogP contribution in [0, 0.1) is 0 Å². The Morgan fingerprint density at radius 2 is 0.889 bits per heavy atom. The summed E-state index contributed by atoms with van der Waals surface area (Å²) in [6.07, 6.45) is 0. The minimum Gasteiger partial charge on any atom is -0.147 e. The minimum absolute atomic E-state index is 0. The van der Waals surface area contributed by atoms with Crippen LogP contribution < -0.4 is 0 Å². The number of hydrogen-bond donors (Lipinski definition) is 0. The first kappa shape index (κ1) is 31.0. The maximum absolute atomic E-state index is 8.96. The van der Waals surface area contributed by atoms with E-state index in [1.54, 1.807) is 13.3 Å². The molecule has 7 heteroatoms. The first-order valence-electron chi connectivity index (χ1n) is 1.41. The molecule has 0 aromatic heterocycles. The molecule has 0 radical (unpaired) electrons. The third-order valence-corrected chi connectivity index (χ3v) is 0. The molecule has 9 heavy (non-hydrogen) atoms. The van der Waals surface area contributed by atoms with Crippen molar-refractivity contribution in [3.8, 4) is 0 Å². The predicted octanol–water partition coefficient (Wildman–Crippen LogP) is 2.12. The van der Waals surface area contributed by atoms with Crippen molar-refractivity contribution in [3.05, 3.63) is 0 Å². The molecule has 0 rings (SSSR count). The normalized spacial score (nSPS) is 4.67. The number of halogens is 2. The molecule has 0 fully saturated rings. The van der Waals surface area contributed by atoms with Crippen LogP contribution in [0.2, 0.25) is 0 Å². The van der Waals surface area contributed by atoms with Gasteiger partial charge in [-0.25, -0.2) is 0 Å². The van der Waals surface area contributed by atoms with Crippen molar-refractivity contribution >= 4 is 41.7 Å². The van der Waals surface area contributed by atoms with E-state index in [2.05, 4.69) is 0 Å². The molecule has 0 bridgehead atoms. The summed E-state index contributed by atoms with van der Waals surface area (Å²) < 4.78 is 17.9. The summed E-state index contributed by atoms with van der Waals surface area (Å²) in [5.41, 5.74) is 0. The Morgan fingerprint density at radius 1 is 0.889 bits per heavy atom. The average Bonchev–Trinajstić information content (AvgIpc) is 1.39. The van der Waals surface area contributed by atoms with E-state index in [1.807, 2.05) is 0 Å². The molecule has 0 amide bonds. The summed E-state index contributed by atoms with van der Waals surface area (Å²) in [4.78, 5) is 0. The van der Waals surface area contributed by atoms with Gasteiger partial charge in [0.2, 0.25) is 0 Å². The van der Waals surface area contributed by atoms with Crippen molar-refractivity contribution in [2.75, 3.05) is 13.3 Å². The predicted molar refractivity (Wildman–Crippen MR) is 44.3 cm³/mol. The summed E-state index contributed by atoms with van der Waals surface area (Å²) in [5, 5.41) is 0. The zero-order valence-electron chi connectivity index (χ0n) is 5.13. The summed E-state index contributed by atoms with van der Waals surface area (Å²) >= 11 is 0. The Bertz CT molecular complexity index is 41.5. The summed E-state index contributed by atoms with van der Waals surface area (Å²) in [6, 6.07) is 0.